The monoisotopic (exact) mass is 269 g/mol. The third kappa shape index (κ3) is 5.19. The molecule has 5 nitrogen and oxygen atoms in total. The quantitative estimate of drug-likeness (QED) is 0.804. The van der Waals surface area contributed by atoms with Crippen molar-refractivity contribution in [2.75, 3.05) is 26.2 Å². The van der Waals surface area contributed by atoms with E-state index in [0.29, 0.717) is 26.2 Å². The maximum absolute atomic E-state index is 12.2. The average molecular weight is 269 g/mol. The van der Waals surface area contributed by atoms with Crippen molar-refractivity contribution in [3.8, 4) is 0 Å². The molecule has 1 heterocycles. The van der Waals surface area contributed by atoms with E-state index in [2.05, 4.69) is 0 Å². The molecule has 1 rings (SSSR count). The number of carbonyl (C=O) groups excluding carboxylic acids is 2. The van der Waals surface area contributed by atoms with Crippen molar-refractivity contribution in [1.29, 1.82) is 0 Å². The molecule has 0 aliphatic carbocycles. The van der Waals surface area contributed by atoms with Gasteiger partial charge in [0.05, 0.1) is 0 Å². The smallest absolute Gasteiger partial charge is 0.225 e. The molecule has 1 aliphatic rings. The molecular formula is C14H27N3O2. The van der Waals surface area contributed by atoms with Gasteiger partial charge in [0.2, 0.25) is 11.8 Å². The summed E-state index contributed by atoms with van der Waals surface area (Å²) in [6.45, 7) is 8.20. The Morgan fingerprint density at radius 2 is 1.58 bits per heavy atom. The van der Waals surface area contributed by atoms with Crippen LogP contribution in [0.2, 0.25) is 0 Å². The zero-order valence-corrected chi connectivity index (χ0v) is 12.4. The van der Waals surface area contributed by atoms with Crippen molar-refractivity contribution in [2.45, 2.75) is 46.1 Å². The Labute approximate surface area is 116 Å². The Balaban J connectivity index is 2.31. The maximum Gasteiger partial charge on any atom is 0.225 e. The zero-order valence-electron chi connectivity index (χ0n) is 12.4. The second-order valence-electron chi connectivity index (χ2n) is 5.64. The summed E-state index contributed by atoms with van der Waals surface area (Å²) in [5.41, 5.74) is 5.71. The summed E-state index contributed by atoms with van der Waals surface area (Å²) in [7, 11) is 0. The van der Waals surface area contributed by atoms with Gasteiger partial charge in [0, 0.05) is 45.1 Å². The lowest BCUT2D eigenvalue weighted by Gasteiger charge is -2.35. The molecule has 1 fully saturated rings. The molecule has 19 heavy (non-hydrogen) atoms. The van der Waals surface area contributed by atoms with Crippen LogP contribution in [-0.4, -0.2) is 53.8 Å². The Kier molecular flexibility index (Phi) is 6.28. The van der Waals surface area contributed by atoms with E-state index in [1.165, 1.54) is 0 Å². The number of amides is 2. The fourth-order valence-corrected chi connectivity index (χ4v) is 2.42. The predicted octanol–water partition coefficient (Wildman–Crippen LogP) is 0.831. The molecule has 2 N–H and O–H groups in total. The summed E-state index contributed by atoms with van der Waals surface area (Å²) in [5.74, 6) is 0.368. The largest absolute Gasteiger partial charge is 0.339 e. The number of nitrogens with two attached hydrogens (primary N) is 1. The zero-order chi connectivity index (χ0) is 14.4. The molecule has 2 atom stereocenters. The highest BCUT2D eigenvalue weighted by Gasteiger charge is 2.25. The Morgan fingerprint density at radius 1 is 1.05 bits per heavy atom. The third-order valence-corrected chi connectivity index (χ3v) is 3.75. The SMILES string of the molecule is CC(=O)N1CCN(C(=O)C(C)CCCC(C)N)CC1. The molecule has 0 radical (unpaired) electrons. The minimum absolute atomic E-state index is 0.0580. The lowest BCUT2D eigenvalue weighted by atomic mass is 10.0. The topological polar surface area (TPSA) is 66.6 Å². The van der Waals surface area contributed by atoms with E-state index in [4.69, 9.17) is 5.73 Å². The van der Waals surface area contributed by atoms with Crippen molar-refractivity contribution in [3.05, 3.63) is 0 Å². The van der Waals surface area contributed by atoms with E-state index < -0.39 is 0 Å². The summed E-state index contributed by atoms with van der Waals surface area (Å²) in [4.78, 5) is 27.1. The Morgan fingerprint density at radius 3 is 2.05 bits per heavy atom. The van der Waals surface area contributed by atoms with Gasteiger partial charge in [0.25, 0.3) is 0 Å². The Bertz CT molecular complexity index is 310. The van der Waals surface area contributed by atoms with Crippen LogP contribution in [-0.2, 0) is 9.59 Å². The van der Waals surface area contributed by atoms with Crippen molar-refractivity contribution in [2.24, 2.45) is 11.7 Å². The van der Waals surface area contributed by atoms with Gasteiger partial charge in [0.1, 0.15) is 0 Å². The number of rotatable bonds is 5. The first-order valence-electron chi connectivity index (χ1n) is 7.21. The van der Waals surface area contributed by atoms with E-state index >= 15 is 0 Å². The summed E-state index contributed by atoms with van der Waals surface area (Å²) in [6, 6.07) is 0.210. The normalized spacial score (nSPS) is 19.2. The molecule has 110 valence electrons. The van der Waals surface area contributed by atoms with Gasteiger partial charge in [-0.3, -0.25) is 9.59 Å². The van der Waals surface area contributed by atoms with Crippen LogP contribution in [0.1, 0.15) is 40.0 Å². The lowest BCUT2D eigenvalue weighted by Crippen LogP contribution is -2.51. The molecule has 1 aliphatic heterocycles. The van der Waals surface area contributed by atoms with Crippen molar-refractivity contribution in [3.63, 3.8) is 0 Å². The highest BCUT2D eigenvalue weighted by Crippen LogP contribution is 2.14. The van der Waals surface area contributed by atoms with Crippen LogP contribution in [0.25, 0.3) is 0 Å². The van der Waals surface area contributed by atoms with Crippen LogP contribution >= 0.6 is 0 Å². The lowest BCUT2D eigenvalue weighted by molar-refractivity contribution is -0.141. The van der Waals surface area contributed by atoms with Gasteiger partial charge in [-0.05, 0) is 19.8 Å². The van der Waals surface area contributed by atoms with E-state index in [9.17, 15) is 9.59 Å². The van der Waals surface area contributed by atoms with Crippen LogP contribution in [0.3, 0.4) is 0 Å². The first-order valence-corrected chi connectivity index (χ1v) is 7.21. The first-order chi connectivity index (χ1) is 8.91. The minimum Gasteiger partial charge on any atom is -0.339 e. The molecule has 0 aromatic carbocycles. The van der Waals surface area contributed by atoms with Gasteiger partial charge >= 0.3 is 0 Å². The van der Waals surface area contributed by atoms with Gasteiger partial charge in [-0.25, -0.2) is 0 Å². The van der Waals surface area contributed by atoms with Gasteiger partial charge < -0.3 is 15.5 Å². The number of piperazine rings is 1. The fraction of sp³-hybridized carbons (Fsp3) is 0.857. The number of hydrogen-bond acceptors (Lipinski definition) is 3. The summed E-state index contributed by atoms with van der Waals surface area (Å²) in [6.07, 6.45) is 2.86. The van der Waals surface area contributed by atoms with E-state index in [-0.39, 0.29) is 23.8 Å². The standard InChI is InChI=1S/C14H27N3O2/c1-11(5-4-6-12(2)15)14(19)17-9-7-16(8-10-17)13(3)18/h11-12H,4-10,15H2,1-3H3. The molecular weight excluding hydrogens is 242 g/mol. The number of carbonyl (C=O) groups is 2. The van der Waals surface area contributed by atoms with Gasteiger partial charge in [-0.1, -0.05) is 13.3 Å². The molecule has 5 heteroatoms. The molecule has 0 saturated carbocycles. The van der Waals surface area contributed by atoms with Gasteiger partial charge in [0.15, 0.2) is 0 Å². The fourth-order valence-electron chi connectivity index (χ4n) is 2.42. The van der Waals surface area contributed by atoms with Crippen molar-refractivity contribution in [1.82, 2.24) is 9.80 Å². The molecule has 0 bridgehead atoms. The molecule has 1 saturated heterocycles. The average Bonchev–Trinajstić information content (AvgIpc) is 2.37. The van der Waals surface area contributed by atoms with E-state index in [0.717, 1.165) is 19.3 Å². The highest BCUT2D eigenvalue weighted by molar-refractivity contribution is 5.79. The summed E-state index contributed by atoms with van der Waals surface area (Å²) >= 11 is 0. The molecule has 2 unspecified atom stereocenters. The molecule has 0 aromatic rings. The second kappa shape index (κ2) is 7.48. The highest BCUT2D eigenvalue weighted by atomic mass is 16.2. The minimum atomic E-state index is 0.0580. The second-order valence-corrected chi connectivity index (χ2v) is 5.64. The molecule has 2 amide bonds. The third-order valence-electron chi connectivity index (χ3n) is 3.75. The molecule has 0 spiro atoms. The van der Waals surface area contributed by atoms with Crippen LogP contribution in [0.15, 0.2) is 0 Å². The first kappa shape index (κ1) is 16.0. The van der Waals surface area contributed by atoms with Crippen LogP contribution < -0.4 is 5.73 Å². The van der Waals surface area contributed by atoms with Crippen molar-refractivity contribution >= 4 is 11.8 Å². The predicted molar refractivity (Wildman–Crippen MR) is 75.5 cm³/mol. The summed E-state index contributed by atoms with van der Waals surface area (Å²) in [5, 5.41) is 0. The van der Waals surface area contributed by atoms with Gasteiger partial charge in [-0.2, -0.15) is 0 Å². The Hall–Kier alpha value is -1.10. The van der Waals surface area contributed by atoms with Crippen LogP contribution in [0.5, 0.6) is 0 Å². The van der Waals surface area contributed by atoms with Crippen LogP contribution in [0, 0.1) is 5.92 Å². The van der Waals surface area contributed by atoms with Gasteiger partial charge in [-0.15, -0.1) is 0 Å². The van der Waals surface area contributed by atoms with E-state index in [1.807, 2.05) is 18.7 Å². The number of hydrogen-bond donors (Lipinski definition) is 1. The van der Waals surface area contributed by atoms with Crippen LogP contribution in [0.4, 0.5) is 0 Å². The number of nitrogens with zero attached hydrogens (tertiary/aromatic N) is 2. The van der Waals surface area contributed by atoms with Crippen molar-refractivity contribution < 1.29 is 9.59 Å². The molecule has 0 aromatic heterocycles. The summed E-state index contributed by atoms with van der Waals surface area (Å²) < 4.78 is 0. The van der Waals surface area contributed by atoms with E-state index in [1.54, 1.807) is 11.8 Å². The maximum atomic E-state index is 12.2.